The number of aryl methyl sites for hydroxylation is 2. The van der Waals surface area contributed by atoms with Gasteiger partial charge < -0.3 is 5.32 Å². The van der Waals surface area contributed by atoms with Crippen LogP contribution in [-0.4, -0.2) is 33.2 Å². The predicted molar refractivity (Wildman–Crippen MR) is 81.4 cm³/mol. The van der Waals surface area contributed by atoms with Gasteiger partial charge in [0.1, 0.15) is 6.54 Å². The molecule has 0 bridgehead atoms. The number of carbonyl (C=O) groups is 1. The Balaban J connectivity index is 3.11. The Labute approximate surface area is 121 Å². The van der Waals surface area contributed by atoms with Gasteiger partial charge in [0.15, 0.2) is 0 Å². The first kappa shape index (κ1) is 16.5. The summed E-state index contributed by atoms with van der Waals surface area (Å²) in [6, 6.07) is 5.44. The highest BCUT2D eigenvalue weighted by molar-refractivity contribution is 7.92. The largest absolute Gasteiger partial charge is 0.352 e. The summed E-state index contributed by atoms with van der Waals surface area (Å²) in [5, 5.41) is 2.70. The van der Waals surface area contributed by atoms with Crippen LogP contribution in [-0.2, 0) is 14.8 Å². The molecule has 0 aromatic heterocycles. The first-order chi connectivity index (χ1) is 9.11. The number of anilines is 1. The fraction of sp³-hybridized carbons (Fsp3) is 0.500. The first-order valence-electron chi connectivity index (χ1n) is 6.45. The summed E-state index contributed by atoms with van der Waals surface area (Å²) < 4.78 is 25.0. The molecule has 0 aliphatic carbocycles. The normalized spacial score (nSPS) is 11.5. The van der Waals surface area contributed by atoms with Crippen LogP contribution in [0.15, 0.2) is 18.2 Å². The monoisotopic (exact) mass is 298 g/mol. The third kappa shape index (κ3) is 4.52. The number of hydrogen-bond donors (Lipinski definition) is 1. The summed E-state index contributed by atoms with van der Waals surface area (Å²) in [6.07, 6.45) is 1.11. The Morgan fingerprint density at radius 2 is 1.90 bits per heavy atom. The molecule has 0 unspecified atom stereocenters. The molecule has 0 spiro atoms. The maximum Gasteiger partial charge on any atom is 0.240 e. The van der Waals surface area contributed by atoms with Gasteiger partial charge in [-0.15, -0.1) is 0 Å². The molecule has 0 aliphatic rings. The van der Waals surface area contributed by atoms with Crippen molar-refractivity contribution in [3.8, 4) is 0 Å². The van der Waals surface area contributed by atoms with Gasteiger partial charge in [0.25, 0.3) is 0 Å². The Kier molecular flexibility index (Phi) is 5.16. The lowest BCUT2D eigenvalue weighted by molar-refractivity contribution is -0.120. The molecular formula is C14H22N2O3S. The van der Waals surface area contributed by atoms with Gasteiger partial charge in [-0.1, -0.05) is 17.7 Å². The molecule has 1 rings (SSSR count). The van der Waals surface area contributed by atoms with E-state index in [0.29, 0.717) is 5.69 Å². The van der Waals surface area contributed by atoms with Gasteiger partial charge in [0.05, 0.1) is 11.9 Å². The third-order valence-electron chi connectivity index (χ3n) is 2.76. The minimum absolute atomic E-state index is 0.0250. The van der Waals surface area contributed by atoms with Gasteiger partial charge in [-0.2, -0.15) is 0 Å². The summed E-state index contributed by atoms with van der Waals surface area (Å²) in [6.45, 7) is 7.23. The quantitative estimate of drug-likeness (QED) is 0.898. The number of nitrogens with zero attached hydrogens (tertiary/aromatic N) is 1. The van der Waals surface area contributed by atoms with Crippen molar-refractivity contribution in [1.29, 1.82) is 0 Å². The van der Waals surface area contributed by atoms with Crippen LogP contribution in [0.1, 0.15) is 25.0 Å². The Morgan fingerprint density at radius 1 is 1.30 bits per heavy atom. The molecule has 0 radical (unpaired) electrons. The Hall–Kier alpha value is -1.56. The second-order valence-corrected chi connectivity index (χ2v) is 7.19. The van der Waals surface area contributed by atoms with Crippen LogP contribution in [0.25, 0.3) is 0 Å². The van der Waals surface area contributed by atoms with Gasteiger partial charge in [-0.05, 0) is 39.3 Å². The molecule has 0 atom stereocenters. The van der Waals surface area contributed by atoms with E-state index in [1.165, 1.54) is 0 Å². The molecule has 0 saturated heterocycles. The molecule has 1 N–H and O–H groups in total. The molecule has 1 aromatic carbocycles. The molecule has 1 aromatic rings. The predicted octanol–water partition coefficient (Wildman–Crippen LogP) is 1.59. The van der Waals surface area contributed by atoms with Crippen molar-refractivity contribution in [3.63, 3.8) is 0 Å². The van der Waals surface area contributed by atoms with Gasteiger partial charge in [-0.25, -0.2) is 8.42 Å². The van der Waals surface area contributed by atoms with Crippen LogP contribution >= 0.6 is 0 Å². The van der Waals surface area contributed by atoms with Gasteiger partial charge in [0, 0.05) is 6.04 Å². The van der Waals surface area contributed by atoms with E-state index in [9.17, 15) is 13.2 Å². The molecule has 1 amide bonds. The molecule has 112 valence electrons. The number of nitrogens with one attached hydrogen (secondary N) is 1. The lowest BCUT2D eigenvalue weighted by atomic mass is 10.1. The fourth-order valence-electron chi connectivity index (χ4n) is 1.96. The van der Waals surface area contributed by atoms with Crippen molar-refractivity contribution >= 4 is 21.6 Å². The van der Waals surface area contributed by atoms with Crippen molar-refractivity contribution in [1.82, 2.24) is 5.32 Å². The molecule has 5 nitrogen and oxygen atoms in total. The second-order valence-electron chi connectivity index (χ2n) is 5.28. The molecule has 0 aliphatic heterocycles. The minimum Gasteiger partial charge on any atom is -0.352 e. The third-order valence-corrected chi connectivity index (χ3v) is 3.88. The number of amides is 1. The average molecular weight is 298 g/mol. The molecule has 20 heavy (non-hydrogen) atoms. The highest BCUT2D eigenvalue weighted by atomic mass is 32.2. The highest BCUT2D eigenvalue weighted by Gasteiger charge is 2.22. The van der Waals surface area contributed by atoms with E-state index in [-0.39, 0.29) is 18.5 Å². The Morgan fingerprint density at radius 3 is 2.35 bits per heavy atom. The Bertz CT molecular complexity index is 594. The summed E-state index contributed by atoms with van der Waals surface area (Å²) in [5.41, 5.74) is 2.41. The van der Waals surface area contributed by atoms with Crippen LogP contribution in [0.3, 0.4) is 0 Å². The number of hydrogen-bond acceptors (Lipinski definition) is 3. The fourth-order valence-corrected chi connectivity index (χ4v) is 2.88. The standard InChI is InChI=1S/C14H22N2O3S/c1-10(2)15-14(17)9-16(20(5,18)19)13-7-6-11(3)8-12(13)4/h6-8,10H,9H2,1-5H3,(H,15,17). The van der Waals surface area contributed by atoms with E-state index in [2.05, 4.69) is 5.32 Å². The number of benzene rings is 1. The number of sulfonamides is 1. The first-order valence-corrected chi connectivity index (χ1v) is 8.30. The lowest BCUT2D eigenvalue weighted by Gasteiger charge is -2.24. The van der Waals surface area contributed by atoms with Crippen LogP contribution in [0.4, 0.5) is 5.69 Å². The van der Waals surface area contributed by atoms with E-state index in [0.717, 1.165) is 21.7 Å². The van der Waals surface area contributed by atoms with Crippen LogP contribution in [0, 0.1) is 13.8 Å². The maximum atomic E-state index is 11.9. The van der Waals surface area contributed by atoms with E-state index < -0.39 is 10.0 Å². The van der Waals surface area contributed by atoms with Crippen molar-refractivity contribution in [3.05, 3.63) is 29.3 Å². The molecule has 0 heterocycles. The van der Waals surface area contributed by atoms with E-state index in [4.69, 9.17) is 0 Å². The van der Waals surface area contributed by atoms with Crippen LogP contribution in [0.5, 0.6) is 0 Å². The zero-order valence-corrected chi connectivity index (χ0v) is 13.4. The summed E-state index contributed by atoms with van der Waals surface area (Å²) in [4.78, 5) is 11.8. The minimum atomic E-state index is -3.51. The molecule has 0 fully saturated rings. The topological polar surface area (TPSA) is 66.5 Å². The summed E-state index contributed by atoms with van der Waals surface area (Å²) >= 11 is 0. The smallest absolute Gasteiger partial charge is 0.240 e. The zero-order chi connectivity index (χ0) is 15.5. The average Bonchev–Trinajstić information content (AvgIpc) is 2.24. The van der Waals surface area contributed by atoms with Crippen LogP contribution < -0.4 is 9.62 Å². The molecule has 6 heteroatoms. The summed E-state index contributed by atoms with van der Waals surface area (Å²) in [5.74, 6) is -0.314. The van der Waals surface area contributed by atoms with Gasteiger partial charge in [-0.3, -0.25) is 9.10 Å². The highest BCUT2D eigenvalue weighted by Crippen LogP contribution is 2.23. The van der Waals surface area contributed by atoms with Crippen LogP contribution in [0.2, 0.25) is 0 Å². The van der Waals surface area contributed by atoms with E-state index >= 15 is 0 Å². The van der Waals surface area contributed by atoms with Crippen molar-refractivity contribution in [2.75, 3.05) is 17.1 Å². The van der Waals surface area contributed by atoms with Crippen molar-refractivity contribution < 1.29 is 13.2 Å². The maximum absolute atomic E-state index is 11.9. The summed E-state index contributed by atoms with van der Waals surface area (Å²) in [7, 11) is -3.51. The van der Waals surface area contributed by atoms with Crippen molar-refractivity contribution in [2.45, 2.75) is 33.7 Å². The number of carbonyl (C=O) groups excluding carboxylic acids is 1. The van der Waals surface area contributed by atoms with Gasteiger partial charge >= 0.3 is 0 Å². The van der Waals surface area contributed by atoms with E-state index in [1.807, 2.05) is 39.8 Å². The lowest BCUT2D eigenvalue weighted by Crippen LogP contribution is -2.42. The number of rotatable bonds is 5. The van der Waals surface area contributed by atoms with Crippen molar-refractivity contribution in [2.24, 2.45) is 0 Å². The van der Waals surface area contributed by atoms with Gasteiger partial charge in [0.2, 0.25) is 15.9 Å². The molecule has 0 saturated carbocycles. The SMILES string of the molecule is Cc1ccc(N(CC(=O)NC(C)C)S(C)(=O)=O)c(C)c1. The molecular weight excluding hydrogens is 276 g/mol. The van der Waals surface area contributed by atoms with E-state index in [1.54, 1.807) is 6.07 Å². The second kappa shape index (κ2) is 6.26. The zero-order valence-electron chi connectivity index (χ0n) is 12.6.